The summed E-state index contributed by atoms with van der Waals surface area (Å²) in [5.41, 5.74) is 18.5. The number of carbonyl (C=O) groups excluding carboxylic acids is 1. The lowest BCUT2D eigenvalue weighted by molar-refractivity contribution is 0.103. The molecule has 0 spiro atoms. The summed E-state index contributed by atoms with van der Waals surface area (Å²) in [7, 11) is 0. The van der Waals surface area contributed by atoms with E-state index in [2.05, 4.69) is 266 Å². The zero-order valence-corrected chi connectivity index (χ0v) is 38.1. The van der Waals surface area contributed by atoms with E-state index in [1.54, 1.807) is 0 Å². The van der Waals surface area contributed by atoms with Gasteiger partial charge in [-0.25, -0.2) is 0 Å². The second-order valence-corrected chi connectivity index (χ2v) is 18.4. The fourth-order valence-corrected chi connectivity index (χ4v) is 11.1. The molecule has 0 fully saturated rings. The van der Waals surface area contributed by atoms with Crippen LogP contribution in [0.2, 0.25) is 0 Å². The van der Waals surface area contributed by atoms with Gasteiger partial charge in [0.1, 0.15) is 0 Å². The van der Waals surface area contributed by atoms with E-state index in [4.69, 9.17) is 0 Å². The van der Waals surface area contributed by atoms with E-state index < -0.39 is 5.41 Å². The lowest BCUT2D eigenvalue weighted by Gasteiger charge is -2.35. The first-order chi connectivity index (χ1) is 33.4. The van der Waals surface area contributed by atoms with Crippen LogP contribution >= 0.6 is 0 Å². The van der Waals surface area contributed by atoms with Crippen molar-refractivity contribution in [3.05, 3.63) is 299 Å². The van der Waals surface area contributed by atoms with Crippen molar-refractivity contribution >= 4 is 39.9 Å². The average molecular weight is 873 g/mol. The van der Waals surface area contributed by atoms with Gasteiger partial charge in [0.15, 0.2) is 5.78 Å². The molecule has 0 saturated heterocycles. The van der Waals surface area contributed by atoms with Crippen molar-refractivity contribution < 1.29 is 4.79 Å². The van der Waals surface area contributed by atoms with Crippen molar-refractivity contribution in [1.82, 2.24) is 0 Å². The zero-order valence-electron chi connectivity index (χ0n) is 38.1. The molecule has 12 rings (SSSR count). The number of rotatable bonds is 10. The van der Waals surface area contributed by atoms with Gasteiger partial charge in [-0.2, -0.15) is 0 Å². The van der Waals surface area contributed by atoms with E-state index in [1.807, 2.05) is 12.1 Å². The number of carbonyl (C=O) groups is 1. The van der Waals surface area contributed by atoms with Crippen LogP contribution in [0.5, 0.6) is 0 Å². The molecule has 68 heavy (non-hydrogen) atoms. The quantitative estimate of drug-likeness (QED) is 0.128. The zero-order chi connectivity index (χ0) is 45.8. The number of para-hydroxylation sites is 4. The van der Waals surface area contributed by atoms with E-state index in [0.29, 0.717) is 11.1 Å². The van der Waals surface area contributed by atoms with Crippen LogP contribution in [0.25, 0.3) is 22.3 Å². The number of ketones is 1. The van der Waals surface area contributed by atoms with Gasteiger partial charge in [-0.05, 0) is 141 Å². The maximum atomic E-state index is 15.1. The molecule has 2 aliphatic carbocycles. The maximum absolute atomic E-state index is 15.1. The van der Waals surface area contributed by atoms with Gasteiger partial charge in [-0.15, -0.1) is 0 Å². The Hall–Kier alpha value is -8.53. The Morgan fingerprint density at radius 2 is 0.632 bits per heavy atom. The minimum Gasteiger partial charge on any atom is -0.311 e. The summed E-state index contributed by atoms with van der Waals surface area (Å²) in [4.78, 5) is 19.7. The highest BCUT2D eigenvalue weighted by atomic mass is 16.1. The van der Waals surface area contributed by atoms with Crippen LogP contribution in [0.3, 0.4) is 0 Å². The summed E-state index contributed by atoms with van der Waals surface area (Å²) in [5, 5.41) is 0. The molecular weight excluding hydrogens is 825 g/mol. The molecule has 10 aromatic rings. The first-order valence-electron chi connectivity index (χ1n) is 23.5. The van der Waals surface area contributed by atoms with E-state index in [1.165, 1.54) is 27.8 Å². The molecule has 324 valence electrons. The summed E-state index contributed by atoms with van der Waals surface area (Å²) in [6.45, 7) is 4.53. The number of nitrogens with zero attached hydrogens (tertiary/aromatic N) is 2. The second-order valence-electron chi connectivity index (χ2n) is 18.4. The van der Waals surface area contributed by atoms with Crippen molar-refractivity contribution in [2.75, 3.05) is 9.80 Å². The van der Waals surface area contributed by atoms with Crippen LogP contribution in [0, 0.1) is 0 Å². The summed E-state index contributed by atoms with van der Waals surface area (Å²) in [6, 6.07) is 90.4. The Labute approximate surface area is 398 Å². The fourth-order valence-electron chi connectivity index (χ4n) is 11.1. The SMILES string of the molecule is CC1(C)c2ccccc2-c2ccc(C(=O)c3ccc4c(c3)C(c3ccc(N(c5ccccc5)c5ccccc5)cc3)(c3ccc(N(c5ccccc5)c5ccccc5)cc3)c3ccccc3-4)cc21. The lowest BCUT2D eigenvalue weighted by atomic mass is 9.67. The number of fused-ring (bicyclic) bond motifs is 6. The first kappa shape index (κ1) is 40.9. The number of benzene rings is 10. The number of hydrogen-bond donors (Lipinski definition) is 0. The van der Waals surface area contributed by atoms with Crippen molar-refractivity contribution in [2.24, 2.45) is 0 Å². The molecule has 0 aliphatic heterocycles. The van der Waals surface area contributed by atoms with Crippen LogP contribution in [0.4, 0.5) is 34.1 Å². The first-order valence-corrected chi connectivity index (χ1v) is 23.5. The molecule has 0 radical (unpaired) electrons. The molecular formula is C65H48N2O. The third-order valence-corrected chi connectivity index (χ3v) is 14.3. The standard InChI is InChI=1S/C65H48N2O/c1-64(2)59-29-17-15-27-55(59)57-41-31-45(43-61(57)64)63(68)46-32-42-58-56-28-16-18-30-60(56)65(62(58)44-46,47-33-37-53(38-34-47)66(49-19-7-3-8-20-49)50-21-9-4-10-22-50)48-35-39-54(40-36-48)67(51-23-11-5-12-24-51)52-25-13-6-14-26-52/h3-44H,1-2H3. The van der Waals surface area contributed by atoms with E-state index >= 15 is 4.79 Å². The normalized spacial score (nSPS) is 13.4. The average Bonchev–Trinajstić information content (AvgIpc) is 3.83. The number of hydrogen-bond acceptors (Lipinski definition) is 3. The van der Waals surface area contributed by atoms with Crippen LogP contribution in [0.1, 0.15) is 63.1 Å². The predicted octanol–water partition coefficient (Wildman–Crippen LogP) is 16.5. The van der Waals surface area contributed by atoms with Gasteiger partial charge < -0.3 is 9.80 Å². The smallest absolute Gasteiger partial charge is 0.193 e. The molecule has 0 bridgehead atoms. The van der Waals surface area contributed by atoms with E-state index in [0.717, 1.165) is 61.9 Å². The minimum atomic E-state index is -0.768. The third kappa shape index (κ3) is 6.53. The number of anilines is 6. The van der Waals surface area contributed by atoms with Gasteiger partial charge in [0.2, 0.25) is 0 Å². The molecule has 0 N–H and O–H groups in total. The largest absolute Gasteiger partial charge is 0.311 e. The summed E-state index contributed by atoms with van der Waals surface area (Å²) >= 11 is 0. The van der Waals surface area contributed by atoms with Crippen LogP contribution < -0.4 is 9.80 Å². The third-order valence-electron chi connectivity index (χ3n) is 14.3. The summed E-state index contributed by atoms with van der Waals surface area (Å²) in [6.07, 6.45) is 0. The van der Waals surface area contributed by atoms with Crippen molar-refractivity contribution in [3.8, 4) is 22.3 Å². The minimum absolute atomic E-state index is 0.0145. The molecule has 0 unspecified atom stereocenters. The molecule has 0 amide bonds. The van der Waals surface area contributed by atoms with E-state index in [9.17, 15) is 0 Å². The predicted molar refractivity (Wildman–Crippen MR) is 281 cm³/mol. The van der Waals surface area contributed by atoms with Gasteiger partial charge in [-0.1, -0.05) is 184 Å². The summed E-state index contributed by atoms with van der Waals surface area (Å²) < 4.78 is 0. The fraction of sp³-hybridized carbons (Fsp3) is 0.0615. The molecule has 10 aromatic carbocycles. The molecule has 0 atom stereocenters. The monoisotopic (exact) mass is 872 g/mol. The molecule has 0 saturated carbocycles. The molecule has 0 aromatic heterocycles. The molecule has 3 nitrogen and oxygen atoms in total. The maximum Gasteiger partial charge on any atom is 0.193 e. The molecule has 0 heterocycles. The Balaban J connectivity index is 1.04. The topological polar surface area (TPSA) is 23.6 Å². The highest BCUT2D eigenvalue weighted by Crippen LogP contribution is 2.57. The molecule has 2 aliphatic rings. The Morgan fingerprint density at radius 1 is 0.309 bits per heavy atom. The second kappa shape index (κ2) is 16.4. The van der Waals surface area contributed by atoms with Crippen LogP contribution in [-0.4, -0.2) is 5.78 Å². The molecule has 3 heteroatoms. The van der Waals surface area contributed by atoms with Gasteiger partial charge in [0, 0.05) is 50.7 Å². The van der Waals surface area contributed by atoms with Crippen LogP contribution in [0.15, 0.2) is 255 Å². The lowest BCUT2D eigenvalue weighted by Crippen LogP contribution is -2.29. The van der Waals surface area contributed by atoms with Crippen molar-refractivity contribution in [2.45, 2.75) is 24.7 Å². The summed E-state index contributed by atoms with van der Waals surface area (Å²) in [5.74, 6) is 0.0145. The Kier molecular flexibility index (Phi) is 9.88. The van der Waals surface area contributed by atoms with Gasteiger partial charge >= 0.3 is 0 Å². The van der Waals surface area contributed by atoms with Crippen LogP contribution in [-0.2, 0) is 10.8 Å². The highest BCUT2D eigenvalue weighted by Gasteiger charge is 2.47. The van der Waals surface area contributed by atoms with Gasteiger partial charge in [-0.3, -0.25) is 4.79 Å². The van der Waals surface area contributed by atoms with Gasteiger partial charge in [0.05, 0.1) is 5.41 Å². The van der Waals surface area contributed by atoms with E-state index in [-0.39, 0.29) is 11.2 Å². The van der Waals surface area contributed by atoms with Crippen molar-refractivity contribution in [3.63, 3.8) is 0 Å². The highest BCUT2D eigenvalue weighted by molar-refractivity contribution is 6.10. The Morgan fingerprint density at radius 3 is 1.07 bits per heavy atom. The Bertz CT molecular complexity index is 3270. The van der Waals surface area contributed by atoms with Crippen molar-refractivity contribution in [1.29, 1.82) is 0 Å². The van der Waals surface area contributed by atoms with Gasteiger partial charge in [0.25, 0.3) is 0 Å².